The molecule has 1 aliphatic rings. The van der Waals surface area contributed by atoms with E-state index in [0.29, 0.717) is 30.3 Å². The van der Waals surface area contributed by atoms with Crippen LogP contribution in [0, 0.1) is 0 Å². The van der Waals surface area contributed by atoms with Crippen molar-refractivity contribution in [2.24, 2.45) is 0 Å². The normalized spacial score (nSPS) is 13.7. The summed E-state index contributed by atoms with van der Waals surface area (Å²) < 4.78 is 16.2. The van der Waals surface area contributed by atoms with Crippen LogP contribution in [0.5, 0.6) is 17.2 Å². The molecule has 0 spiro atoms. The van der Waals surface area contributed by atoms with Crippen LogP contribution >= 0.6 is 0 Å². The van der Waals surface area contributed by atoms with Crippen LogP contribution in [0.1, 0.15) is 5.56 Å². The Morgan fingerprint density at radius 1 is 1.12 bits per heavy atom. The molecule has 1 aliphatic heterocycles. The lowest BCUT2D eigenvalue weighted by atomic mass is 10.1. The van der Waals surface area contributed by atoms with Gasteiger partial charge < -0.3 is 24.6 Å². The monoisotopic (exact) mass is 352 g/mol. The van der Waals surface area contributed by atoms with Gasteiger partial charge in [0.25, 0.3) is 0 Å². The van der Waals surface area contributed by atoms with Gasteiger partial charge in [0, 0.05) is 30.7 Å². The molecule has 0 saturated carbocycles. The van der Waals surface area contributed by atoms with Crippen LogP contribution in [0.25, 0.3) is 10.9 Å². The zero-order chi connectivity index (χ0) is 17.8. The number of para-hydroxylation sites is 1. The Kier molecular flexibility index (Phi) is 4.86. The van der Waals surface area contributed by atoms with Crippen LogP contribution in [0.15, 0.2) is 54.7 Å². The van der Waals surface area contributed by atoms with E-state index in [1.807, 2.05) is 30.3 Å². The number of nitrogens with one attached hydrogen (secondary N) is 1. The van der Waals surface area contributed by atoms with Crippen LogP contribution in [0.2, 0.25) is 0 Å². The zero-order valence-electron chi connectivity index (χ0n) is 14.2. The quantitative estimate of drug-likeness (QED) is 0.681. The maximum atomic E-state index is 10.1. The standard InChI is InChI=1S/C20H20N2O4/c23-16(12-24-17-6-7-18-19(9-17)26-13-25-18)11-21-10-15-4-1-3-14-5-2-8-22-20(14)15/h1-9,16,21,23H,10-13H2. The summed E-state index contributed by atoms with van der Waals surface area (Å²) in [6.07, 6.45) is 1.17. The molecule has 2 N–H and O–H groups in total. The molecule has 26 heavy (non-hydrogen) atoms. The molecule has 0 fully saturated rings. The van der Waals surface area contributed by atoms with E-state index in [1.165, 1.54) is 0 Å². The molecule has 6 heteroatoms. The maximum absolute atomic E-state index is 10.1. The van der Waals surface area contributed by atoms with Gasteiger partial charge in [0.15, 0.2) is 11.5 Å². The van der Waals surface area contributed by atoms with Gasteiger partial charge in [0.2, 0.25) is 6.79 Å². The molecule has 6 nitrogen and oxygen atoms in total. The highest BCUT2D eigenvalue weighted by atomic mass is 16.7. The fourth-order valence-corrected chi connectivity index (χ4v) is 2.90. The van der Waals surface area contributed by atoms with E-state index in [2.05, 4.69) is 10.3 Å². The average molecular weight is 352 g/mol. The fraction of sp³-hybridized carbons (Fsp3) is 0.250. The van der Waals surface area contributed by atoms with Crippen molar-refractivity contribution in [1.82, 2.24) is 10.3 Å². The van der Waals surface area contributed by atoms with Crippen molar-refractivity contribution in [3.8, 4) is 17.2 Å². The minimum atomic E-state index is -0.622. The number of pyridine rings is 1. The Labute approximate surface area is 151 Å². The molecule has 2 aromatic carbocycles. The number of benzene rings is 2. The number of fused-ring (bicyclic) bond motifs is 2. The molecule has 4 rings (SSSR count). The summed E-state index contributed by atoms with van der Waals surface area (Å²) in [6, 6.07) is 15.4. The highest BCUT2D eigenvalue weighted by Gasteiger charge is 2.14. The summed E-state index contributed by atoms with van der Waals surface area (Å²) in [5.41, 5.74) is 2.08. The van der Waals surface area contributed by atoms with Gasteiger partial charge >= 0.3 is 0 Å². The highest BCUT2D eigenvalue weighted by Crippen LogP contribution is 2.35. The molecule has 0 aliphatic carbocycles. The number of aromatic nitrogens is 1. The predicted molar refractivity (Wildman–Crippen MR) is 97.5 cm³/mol. The van der Waals surface area contributed by atoms with Crippen LogP contribution in [0.3, 0.4) is 0 Å². The van der Waals surface area contributed by atoms with Crippen molar-refractivity contribution in [2.75, 3.05) is 19.9 Å². The van der Waals surface area contributed by atoms with Gasteiger partial charge in [-0.15, -0.1) is 0 Å². The first-order valence-corrected chi connectivity index (χ1v) is 8.53. The first-order valence-electron chi connectivity index (χ1n) is 8.53. The largest absolute Gasteiger partial charge is 0.491 e. The molecular weight excluding hydrogens is 332 g/mol. The highest BCUT2D eigenvalue weighted by molar-refractivity contribution is 5.81. The van der Waals surface area contributed by atoms with E-state index >= 15 is 0 Å². The molecule has 134 valence electrons. The topological polar surface area (TPSA) is 72.8 Å². The Morgan fingerprint density at radius 3 is 2.96 bits per heavy atom. The average Bonchev–Trinajstić information content (AvgIpc) is 3.14. The van der Waals surface area contributed by atoms with Crippen molar-refractivity contribution in [2.45, 2.75) is 12.6 Å². The summed E-state index contributed by atoms with van der Waals surface area (Å²) in [7, 11) is 0. The first kappa shape index (κ1) is 16.6. The zero-order valence-corrected chi connectivity index (χ0v) is 14.2. The second kappa shape index (κ2) is 7.59. The fourth-order valence-electron chi connectivity index (χ4n) is 2.90. The van der Waals surface area contributed by atoms with Crippen molar-refractivity contribution >= 4 is 10.9 Å². The van der Waals surface area contributed by atoms with Gasteiger partial charge in [-0.2, -0.15) is 0 Å². The summed E-state index contributed by atoms with van der Waals surface area (Å²) >= 11 is 0. The maximum Gasteiger partial charge on any atom is 0.231 e. The number of ether oxygens (including phenoxy) is 3. The van der Waals surface area contributed by atoms with Gasteiger partial charge in [-0.1, -0.05) is 24.3 Å². The second-order valence-corrected chi connectivity index (χ2v) is 6.10. The minimum absolute atomic E-state index is 0.195. The Morgan fingerprint density at radius 2 is 2.00 bits per heavy atom. The van der Waals surface area contributed by atoms with Crippen molar-refractivity contribution in [3.05, 3.63) is 60.3 Å². The minimum Gasteiger partial charge on any atom is -0.491 e. The number of aliphatic hydroxyl groups excluding tert-OH is 1. The molecule has 2 heterocycles. The summed E-state index contributed by atoms with van der Waals surface area (Å²) in [4.78, 5) is 4.43. The van der Waals surface area contributed by atoms with Gasteiger partial charge in [0.1, 0.15) is 18.5 Å². The third-order valence-electron chi connectivity index (χ3n) is 4.20. The van der Waals surface area contributed by atoms with E-state index in [4.69, 9.17) is 14.2 Å². The molecule has 1 atom stereocenters. The van der Waals surface area contributed by atoms with Gasteiger partial charge in [-0.05, 0) is 23.8 Å². The lowest BCUT2D eigenvalue weighted by Crippen LogP contribution is -2.31. The lowest BCUT2D eigenvalue weighted by Gasteiger charge is -2.14. The lowest BCUT2D eigenvalue weighted by molar-refractivity contribution is 0.106. The molecule has 0 radical (unpaired) electrons. The molecule has 1 unspecified atom stereocenters. The number of hydrogen-bond acceptors (Lipinski definition) is 6. The number of rotatable bonds is 7. The number of nitrogens with zero attached hydrogens (tertiary/aromatic N) is 1. The summed E-state index contributed by atoms with van der Waals surface area (Å²) in [5, 5.41) is 14.5. The van der Waals surface area contributed by atoms with E-state index in [0.717, 1.165) is 16.5 Å². The third-order valence-corrected chi connectivity index (χ3v) is 4.20. The van der Waals surface area contributed by atoms with Gasteiger partial charge in [0.05, 0.1) is 5.52 Å². The molecule has 1 aromatic heterocycles. The molecule has 3 aromatic rings. The van der Waals surface area contributed by atoms with Crippen LogP contribution in [0.4, 0.5) is 0 Å². The second-order valence-electron chi connectivity index (χ2n) is 6.10. The Bertz CT molecular complexity index is 895. The number of hydrogen-bond donors (Lipinski definition) is 2. The van der Waals surface area contributed by atoms with E-state index in [9.17, 15) is 5.11 Å². The smallest absolute Gasteiger partial charge is 0.231 e. The summed E-state index contributed by atoms with van der Waals surface area (Å²) in [6.45, 7) is 1.48. The van der Waals surface area contributed by atoms with Crippen molar-refractivity contribution < 1.29 is 19.3 Å². The molecule has 0 bridgehead atoms. The Hall–Kier alpha value is -2.83. The van der Waals surface area contributed by atoms with Crippen molar-refractivity contribution in [1.29, 1.82) is 0 Å². The van der Waals surface area contributed by atoms with E-state index < -0.39 is 6.10 Å². The Balaban J connectivity index is 1.27. The van der Waals surface area contributed by atoms with E-state index in [1.54, 1.807) is 24.4 Å². The predicted octanol–water partition coefficient (Wildman–Crippen LogP) is 2.49. The van der Waals surface area contributed by atoms with Crippen LogP contribution < -0.4 is 19.5 Å². The van der Waals surface area contributed by atoms with E-state index in [-0.39, 0.29) is 13.4 Å². The van der Waals surface area contributed by atoms with Crippen LogP contribution in [-0.4, -0.2) is 36.1 Å². The first-order chi connectivity index (χ1) is 12.8. The molecular formula is C20H20N2O4. The van der Waals surface area contributed by atoms with Crippen molar-refractivity contribution in [3.63, 3.8) is 0 Å². The third kappa shape index (κ3) is 3.71. The SMILES string of the molecule is OC(CNCc1cccc2cccnc12)COc1ccc2c(c1)OCO2. The van der Waals surface area contributed by atoms with Gasteiger partial charge in [-0.3, -0.25) is 4.98 Å². The number of aliphatic hydroxyl groups is 1. The molecule has 0 amide bonds. The van der Waals surface area contributed by atoms with Gasteiger partial charge in [-0.25, -0.2) is 0 Å². The van der Waals surface area contributed by atoms with Crippen LogP contribution in [-0.2, 0) is 6.54 Å². The molecule has 0 saturated heterocycles. The summed E-state index contributed by atoms with van der Waals surface area (Å²) in [5.74, 6) is 2.02.